The first-order valence-electron chi connectivity index (χ1n) is 7.83. The third kappa shape index (κ3) is 3.11. The zero-order valence-electron chi connectivity index (χ0n) is 11.9. The molecule has 1 aromatic carbocycles. The molecule has 0 radical (unpaired) electrons. The Bertz CT molecular complexity index is 413. The molecule has 0 spiro atoms. The van der Waals surface area contributed by atoms with Crippen molar-refractivity contribution in [2.24, 2.45) is 5.92 Å². The second kappa shape index (κ2) is 5.96. The standard InChI is InChI=1S/C17H25NO/c1-2-11-18-16(10-9-13-7-8-13)15-12-19-17-6-4-3-5-14(15)17/h3-6,13,15-16,18H,2,7-12H2,1H3. The van der Waals surface area contributed by atoms with E-state index >= 15 is 0 Å². The summed E-state index contributed by atoms with van der Waals surface area (Å²) in [7, 11) is 0. The zero-order chi connectivity index (χ0) is 13.1. The molecule has 0 aromatic heterocycles. The number of nitrogens with one attached hydrogen (secondary N) is 1. The topological polar surface area (TPSA) is 21.3 Å². The molecule has 2 nitrogen and oxygen atoms in total. The van der Waals surface area contributed by atoms with Crippen LogP contribution in [0.1, 0.15) is 50.5 Å². The number of para-hydroxylation sites is 1. The molecule has 0 saturated heterocycles. The second-order valence-electron chi connectivity index (χ2n) is 6.04. The minimum Gasteiger partial charge on any atom is -0.493 e. The van der Waals surface area contributed by atoms with Crippen LogP contribution in [0.4, 0.5) is 0 Å². The molecule has 2 aliphatic rings. The molecular formula is C17H25NO. The van der Waals surface area contributed by atoms with Crippen molar-refractivity contribution in [1.82, 2.24) is 5.32 Å². The van der Waals surface area contributed by atoms with Gasteiger partial charge in [-0.3, -0.25) is 0 Å². The van der Waals surface area contributed by atoms with Crippen molar-refractivity contribution in [2.45, 2.75) is 51.0 Å². The van der Waals surface area contributed by atoms with Crippen LogP contribution in [0.3, 0.4) is 0 Å². The van der Waals surface area contributed by atoms with Gasteiger partial charge in [0.2, 0.25) is 0 Å². The molecular weight excluding hydrogens is 234 g/mol. The lowest BCUT2D eigenvalue weighted by Gasteiger charge is -2.24. The Labute approximate surface area is 116 Å². The first-order valence-corrected chi connectivity index (χ1v) is 7.83. The fourth-order valence-electron chi connectivity index (χ4n) is 3.12. The van der Waals surface area contributed by atoms with Crippen LogP contribution in [0.5, 0.6) is 5.75 Å². The van der Waals surface area contributed by atoms with E-state index in [4.69, 9.17) is 4.74 Å². The van der Waals surface area contributed by atoms with Gasteiger partial charge in [0.1, 0.15) is 5.75 Å². The summed E-state index contributed by atoms with van der Waals surface area (Å²) in [5.74, 6) is 2.66. The van der Waals surface area contributed by atoms with E-state index in [2.05, 4.69) is 36.5 Å². The van der Waals surface area contributed by atoms with Crippen molar-refractivity contribution >= 4 is 0 Å². The molecule has 19 heavy (non-hydrogen) atoms. The van der Waals surface area contributed by atoms with Gasteiger partial charge in [-0.05, 0) is 37.8 Å². The quantitative estimate of drug-likeness (QED) is 0.805. The van der Waals surface area contributed by atoms with Gasteiger partial charge in [0.15, 0.2) is 0 Å². The third-order valence-corrected chi connectivity index (χ3v) is 4.46. The maximum atomic E-state index is 5.85. The highest BCUT2D eigenvalue weighted by Gasteiger charge is 2.32. The lowest BCUT2D eigenvalue weighted by Crippen LogP contribution is -2.36. The summed E-state index contributed by atoms with van der Waals surface area (Å²) in [4.78, 5) is 0. The first-order chi connectivity index (χ1) is 9.38. The minimum absolute atomic E-state index is 0.543. The van der Waals surface area contributed by atoms with Crippen LogP contribution in [0.25, 0.3) is 0 Å². The fourth-order valence-corrected chi connectivity index (χ4v) is 3.12. The zero-order valence-corrected chi connectivity index (χ0v) is 11.9. The van der Waals surface area contributed by atoms with Crippen molar-refractivity contribution in [3.8, 4) is 5.75 Å². The van der Waals surface area contributed by atoms with Gasteiger partial charge < -0.3 is 10.1 Å². The molecule has 0 bridgehead atoms. The van der Waals surface area contributed by atoms with Gasteiger partial charge in [-0.15, -0.1) is 0 Å². The summed E-state index contributed by atoms with van der Waals surface area (Å²) in [6, 6.07) is 9.14. The van der Waals surface area contributed by atoms with Gasteiger partial charge in [-0.2, -0.15) is 0 Å². The van der Waals surface area contributed by atoms with Gasteiger partial charge in [-0.1, -0.05) is 38.0 Å². The molecule has 2 unspecified atom stereocenters. The Morgan fingerprint density at radius 1 is 1.32 bits per heavy atom. The van der Waals surface area contributed by atoms with E-state index in [1.165, 1.54) is 37.7 Å². The molecule has 1 aromatic rings. The highest BCUT2D eigenvalue weighted by molar-refractivity contribution is 5.40. The SMILES string of the molecule is CCCNC(CCC1CC1)C1COc2ccccc21. The van der Waals surface area contributed by atoms with Crippen LogP contribution >= 0.6 is 0 Å². The van der Waals surface area contributed by atoms with Crippen molar-refractivity contribution in [2.75, 3.05) is 13.2 Å². The Balaban J connectivity index is 1.67. The predicted octanol–water partition coefficient (Wildman–Crippen LogP) is 3.72. The van der Waals surface area contributed by atoms with Gasteiger partial charge in [-0.25, -0.2) is 0 Å². The monoisotopic (exact) mass is 259 g/mol. The molecule has 3 rings (SSSR count). The van der Waals surface area contributed by atoms with Crippen molar-refractivity contribution in [3.05, 3.63) is 29.8 Å². The summed E-state index contributed by atoms with van der Waals surface area (Å²) in [6.07, 6.45) is 6.80. The van der Waals surface area contributed by atoms with Crippen LogP contribution in [0.2, 0.25) is 0 Å². The highest BCUT2D eigenvalue weighted by atomic mass is 16.5. The Hall–Kier alpha value is -1.02. The van der Waals surface area contributed by atoms with E-state index in [-0.39, 0.29) is 0 Å². The Morgan fingerprint density at radius 3 is 2.95 bits per heavy atom. The molecule has 1 aliphatic carbocycles. The average Bonchev–Trinajstić information content (AvgIpc) is 3.18. The normalized spacial score (nSPS) is 22.9. The van der Waals surface area contributed by atoms with Crippen LogP contribution in [0.15, 0.2) is 24.3 Å². The first kappa shape index (κ1) is 13.0. The maximum absolute atomic E-state index is 5.85. The van der Waals surface area contributed by atoms with Gasteiger partial charge in [0.05, 0.1) is 6.61 Å². The highest BCUT2D eigenvalue weighted by Crippen LogP contribution is 2.39. The number of ether oxygens (including phenoxy) is 1. The van der Waals surface area contributed by atoms with E-state index in [0.717, 1.165) is 24.8 Å². The van der Waals surface area contributed by atoms with Gasteiger partial charge in [0.25, 0.3) is 0 Å². The Kier molecular flexibility index (Phi) is 4.07. The number of rotatable bonds is 7. The fraction of sp³-hybridized carbons (Fsp3) is 0.647. The van der Waals surface area contributed by atoms with E-state index in [1.807, 2.05) is 0 Å². The summed E-state index contributed by atoms with van der Waals surface area (Å²) in [6.45, 7) is 4.21. The van der Waals surface area contributed by atoms with E-state index in [9.17, 15) is 0 Å². The number of hydrogen-bond acceptors (Lipinski definition) is 2. The van der Waals surface area contributed by atoms with E-state index in [0.29, 0.717) is 12.0 Å². The predicted molar refractivity (Wildman–Crippen MR) is 78.7 cm³/mol. The largest absolute Gasteiger partial charge is 0.493 e. The van der Waals surface area contributed by atoms with Crippen molar-refractivity contribution in [1.29, 1.82) is 0 Å². The molecule has 104 valence electrons. The van der Waals surface area contributed by atoms with E-state index < -0.39 is 0 Å². The number of benzene rings is 1. The minimum atomic E-state index is 0.543. The van der Waals surface area contributed by atoms with Crippen LogP contribution in [0, 0.1) is 5.92 Å². The summed E-state index contributed by atoms with van der Waals surface area (Å²) in [5, 5.41) is 3.76. The van der Waals surface area contributed by atoms with Crippen LogP contribution < -0.4 is 10.1 Å². The molecule has 1 N–H and O–H groups in total. The molecule has 2 atom stereocenters. The van der Waals surface area contributed by atoms with E-state index in [1.54, 1.807) is 0 Å². The summed E-state index contributed by atoms with van der Waals surface area (Å²) in [5.41, 5.74) is 1.41. The molecule has 1 saturated carbocycles. The molecule has 0 amide bonds. The molecule has 1 aliphatic heterocycles. The van der Waals surface area contributed by atoms with Crippen LogP contribution in [-0.2, 0) is 0 Å². The van der Waals surface area contributed by atoms with Gasteiger partial charge in [0, 0.05) is 17.5 Å². The number of fused-ring (bicyclic) bond motifs is 1. The summed E-state index contributed by atoms with van der Waals surface area (Å²) >= 11 is 0. The maximum Gasteiger partial charge on any atom is 0.122 e. The second-order valence-corrected chi connectivity index (χ2v) is 6.04. The Morgan fingerprint density at radius 2 is 2.16 bits per heavy atom. The smallest absolute Gasteiger partial charge is 0.122 e. The van der Waals surface area contributed by atoms with Gasteiger partial charge >= 0.3 is 0 Å². The van der Waals surface area contributed by atoms with Crippen molar-refractivity contribution < 1.29 is 4.74 Å². The molecule has 2 heteroatoms. The third-order valence-electron chi connectivity index (χ3n) is 4.46. The molecule has 1 heterocycles. The average molecular weight is 259 g/mol. The number of hydrogen-bond donors (Lipinski definition) is 1. The van der Waals surface area contributed by atoms with Crippen molar-refractivity contribution in [3.63, 3.8) is 0 Å². The van der Waals surface area contributed by atoms with Crippen LogP contribution in [-0.4, -0.2) is 19.2 Å². The summed E-state index contributed by atoms with van der Waals surface area (Å²) < 4.78 is 5.85. The molecule has 1 fully saturated rings. The lowest BCUT2D eigenvalue weighted by atomic mass is 9.89. The lowest BCUT2D eigenvalue weighted by molar-refractivity contribution is 0.288.